The summed E-state index contributed by atoms with van der Waals surface area (Å²) >= 11 is 0. The molecule has 0 saturated heterocycles. The second-order valence-corrected chi connectivity index (χ2v) is 9.64. The van der Waals surface area contributed by atoms with Crippen LogP contribution in [0.3, 0.4) is 0 Å². The fourth-order valence-electron chi connectivity index (χ4n) is 5.39. The molecule has 0 bridgehead atoms. The molecule has 0 radical (unpaired) electrons. The predicted molar refractivity (Wildman–Crippen MR) is 140 cm³/mol. The molecule has 176 valence electrons. The maximum absolute atomic E-state index is 13.8. The average molecular weight is 464 g/mol. The van der Waals surface area contributed by atoms with Gasteiger partial charge < -0.3 is 10.0 Å². The first kappa shape index (κ1) is 23.0. The molecular weight excluding hydrogens is 434 g/mol. The van der Waals surface area contributed by atoms with Crippen LogP contribution < -0.4 is 4.90 Å². The number of rotatable bonds is 5. The number of aliphatic hydroxyl groups is 1. The highest BCUT2D eigenvalue weighted by atomic mass is 16.3. The Morgan fingerprint density at radius 1 is 0.857 bits per heavy atom. The Hall–Kier alpha value is -3.76. The molecule has 0 saturated carbocycles. The zero-order chi connectivity index (χ0) is 24.9. The van der Waals surface area contributed by atoms with Crippen LogP contribution in [0.15, 0.2) is 72.8 Å². The first-order valence-electron chi connectivity index (χ1n) is 11.9. The molecule has 4 aromatic carbocycles. The third-order valence-corrected chi connectivity index (χ3v) is 7.51. The number of hydrogen-bond donors (Lipinski definition) is 1. The number of hydrogen-bond acceptors (Lipinski definition) is 3. The zero-order valence-corrected chi connectivity index (χ0v) is 20.6. The number of anilines is 1. The summed E-state index contributed by atoms with van der Waals surface area (Å²) in [6, 6.07) is 23.4. The highest BCUT2D eigenvalue weighted by molar-refractivity contribution is 6.11. The first-order chi connectivity index (χ1) is 16.7. The predicted octanol–water partition coefficient (Wildman–Crippen LogP) is 6.08. The summed E-state index contributed by atoms with van der Waals surface area (Å²) in [7, 11) is 0. The summed E-state index contributed by atoms with van der Waals surface area (Å²) in [6.45, 7) is 8.13. The summed E-state index contributed by atoms with van der Waals surface area (Å²) in [5.41, 5.74) is 4.67. The third-order valence-electron chi connectivity index (χ3n) is 7.51. The number of amides is 1. The van der Waals surface area contributed by atoms with Crippen molar-refractivity contribution in [1.82, 2.24) is 0 Å². The van der Waals surface area contributed by atoms with Gasteiger partial charge in [-0.15, -0.1) is 0 Å². The summed E-state index contributed by atoms with van der Waals surface area (Å²) in [4.78, 5) is 29.1. The Labute approximate surface area is 205 Å². The Balaban J connectivity index is 1.55. The number of aryl methyl sites for hydroxylation is 2. The lowest BCUT2D eigenvalue weighted by Crippen LogP contribution is -2.41. The maximum atomic E-state index is 13.8. The van der Waals surface area contributed by atoms with Crippen molar-refractivity contribution in [3.63, 3.8) is 0 Å². The molecule has 35 heavy (non-hydrogen) atoms. The van der Waals surface area contributed by atoms with E-state index in [9.17, 15) is 14.7 Å². The molecular formula is C31H29NO3. The van der Waals surface area contributed by atoms with Gasteiger partial charge >= 0.3 is 0 Å². The average Bonchev–Trinajstić information content (AvgIpc) is 3.05. The van der Waals surface area contributed by atoms with Gasteiger partial charge in [0, 0.05) is 11.1 Å². The highest BCUT2D eigenvalue weighted by Gasteiger charge is 2.51. The van der Waals surface area contributed by atoms with Crippen molar-refractivity contribution < 1.29 is 14.7 Å². The highest BCUT2D eigenvalue weighted by Crippen LogP contribution is 2.44. The van der Waals surface area contributed by atoms with Crippen molar-refractivity contribution in [2.24, 2.45) is 0 Å². The standard InChI is InChI=1S/C31H29NO3/c1-19-16-20(2)22(4)29(21(19)3)28(33)17-31(35)26-14-7-8-15-27(26)32(30(31)34)18-24-12-9-11-23-10-5-6-13-25(23)24/h5-16,35H,17-18H2,1-4H3/t31-/m0/s1. The summed E-state index contributed by atoms with van der Waals surface area (Å²) < 4.78 is 0. The van der Waals surface area contributed by atoms with Gasteiger partial charge in [-0.25, -0.2) is 0 Å². The van der Waals surface area contributed by atoms with Crippen molar-refractivity contribution in [2.45, 2.75) is 46.3 Å². The van der Waals surface area contributed by atoms with Gasteiger partial charge in [0.2, 0.25) is 0 Å². The van der Waals surface area contributed by atoms with Crippen LogP contribution >= 0.6 is 0 Å². The lowest BCUT2D eigenvalue weighted by atomic mass is 9.84. The van der Waals surface area contributed by atoms with E-state index in [2.05, 4.69) is 6.07 Å². The van der Waals surface area contributed by atoms with Crippen molar-refractivity contribution >= 4 is 28.2 Å². The fraction of sp³-hybridized carbons (Fsp3) is 0.226. The number of nitrogens with zero attached hydrogens (tertiary/aromatic N) is 1. The molecule has 0 fully saturated rings. The van der Waals surface area contributed by atoms with E-state index in [1.54, 1.807) is 17.0 Å². The van der Waals surface area contributed by atoms with Crippen LogP contribution in [-0.4, -0.2) is 16.8 Å². The van der Waals surface area contributed by atoms with Gasteiger partial charge in [-0.2, -0.15) is 0 Å². The summed E-state index contributed by atoms with van der Waals surface area (Å²) in [5, 5.41) is 14.0. The molecule has 1 aliphatic heterocycles. The first-order valence-corrected chi connectivity index (χ1v) is 11.9. The molecule has 5 rings (SSSR count). The SMILES string of the molecule is Cc1cc(C)c(C)c(C(=O)C[C@@]2(O)C(=O)N(Cc3cccc4ccccc34)c3ccccc32)c1C. The minimum atomic E-state index is -1.91. The van der Waals surface area contributed by atoms with E-state index in [4.69, 9.17) is 0 Å². The van der Waals surface area contributed by atoms with E-state index >= 15 is 0 Å². The molecule has 4 aromatic rings. The van der Waals surface area contributed by atoms with Gasteiger partial charge in [-0.3, -0.25) is 9.59 Å². The van der Waals surface area contributed by atoms with E-state index in [0.29, 0.717) is 23.4 Å². The summed E-state index contributed by atoms with van der Waals surface area (Å²) in [5.74, 6) is -0.677. The van der Waals surface area contributed by atoms with Gasteiger partial charge in [0.05, 0.1) is 18.7 Å². The Kier molecular flexibility index (Phi) is 5.57. The van der Waals surface area contributed by atoms with Crippen LogP contribution in [-0.2, 0) is 16.9 Å². The number of ketones is 1. The molecule has 1 atom stereocenters. The van der Waals surface area contributed by atoms with Crippen LogP contribution in [0.4, 0.5) is 5.69 Å². The molecule has 1 N–H and O–H groups in total. The third kappa shape index (κ3) is 3.65. The Morgan fingerprint density at radius 2 is 1.49 bits per heavy atom. The quantitative estimate of drug-likeness (QED) is 0.365. The second kappa shape index (κ2) is 8.47. The topological polar surface area (TPSA) is 57.6 Å². The molecule has 1 heterocycles. The number of para-hydroxylation sites is 1. The second-order valence-electron chi connectivity index (χ2n) is 9.64. The lowest BCUT2D eigenvalue weighted by Gasteiger charge is -2.24. The largest absolute Gasteiger partial charge is 0.375 e. The number of carbonyl (C=O) groups is 2. The minimum Gasteiger partial charge on any atom is -0.375 e. The molecule has 4 heteroatoms. The van der Waals surface area contributed by atoms with Crippen LogP contribution in [0.5, 0.6) is 0 Å². The van der Waals surface area contributed by atoms with Gasteiger partial charge in [0.15, 0.2) is 11.4 Å². The molecule has 0 unspecified atom stereocenters. The van der Waals surface area contributed by atoms with Crippen molar-refractivity contribution in [1.29, 1.82) is 0 Å². The molecule has 4 nitrogen and oxygen atoms in total. The molecule has 1 amide bonds. The normalized spacial score (nSPS) is 17.2. The molecule has 0 aliphatic carbocycles. The van der Waals surface area contributed by atoms with E-state index in [1.165, 1.54) is 0 Å². The van der Waals surface area contributed by atoms with E-state index in [-0.39, 0.29) is 12.2 Å². The van der Waals surface area contributed by atoms with Crippen LogP contribution in [0.2, 0.25) is 0 Å². The molecule has 1 aliphatic rings. The van der Waals surface area contributed by atoms with Crippen LogP contribution in [0.1, 0.15) is 50.2 Å². The zero-order valence-electron chi connectivity index (χ0n) is 20.6. The van der Waals surface area contributed by atoms with Gasteiger partial charge in [0.1, 0.15) is 0 Å². The Bertz CT molecular complexity index is 1470. The Morgan fingerprint density at radius 3 is 2.23 bits per heavy atom. The lowest BCUT2D eigenvalue weighted by molar-refractivity contribution is -0.136. The number of Topliss-reactive ketones (excluding diaryl/α,β-unsaturated/α-hetero) is 1. The smallest absolute Gasteiger partial charge is 0.264 e. The number of benzene rings is 4. The van der Waals surface area contributed by atoms with Crippen molar-refractivity contribution in [3.8, 4) is 0 Å². The fourth-order valence-corrected chi connectivity index (χ4v) is 5.39. The van der Waals surface area contributed by atoms with Gasteiger partial charge in [-0.05, 0) is 72.4 Å². The molecule has 0 aromatic heterocycles. The van der Waals surface area contributed by atoms with E-state index in [0.717, 1.165) is 38.6 Å². The van der Waals surface area contributed by atoms with E-state index < -0.39 is 11.5 Å². The minimum absolute atomic E-state index is 0.218. The monoisotopic (exact) mass is 463 g/mol. The number of carbonyl (C=O) groups excluding carboxylic acids is 2. The van der Waals surface area contributed by atoms with Crippen LogP contribution in [0, 0.1) is 27.7 Å². The van der Waals surface area contributed by atoms with Crippen LogP contribution in [0.25, 0.3) is 10.8 Å². The van der Waals surface area contributed by atoms with Crippen molar-refractivity contribution in [3.05, 3.63) is 112 Å². The van der Waals surface area contributed by atoms with Gasteiger partial charge in [0.25, 0.3) is 5.91 Å². The molecule has 0 spiro atoms. The maximum Gasteiger partial charge on any atom is 0.264 e. The summed E-state index contributed by atoms with van der Waals surface area (Å²) in [6.07, 6.45) is -0.292. The van der Waals surface area contributed by atoms with Gasteiger partial charge in [-0.1, -0.05) is 66.7 Å². The van der Waals surface area contributed by atoms with Crippen molar-refractivity contribution in [2.75, 3.05) is 4.90 Å². The number of fused-ring (bicyclic) bond motifs is 2. The van der Waals surface area contributed by atoms with E-state index in [1.807, 2.05) is 82.3 Å².